The average molecular weight is 601 g/mol. The third-order valence-corrected chi connectivity index (χ3v) is 12.2. The first kappa shape index (κ1) is 30.1. The molecule has 2 fully saturated rings. The number of carbonyl (C=O) groups is 1. The van der Waals surface area contributed by atoms with Crippen molar-refractivity contribution in [1.82, 2.24) is 4.57 Å². The molecule has 14 heteroatoms. The van der Waals surface area contributed by atoms with Crippen molar-refractivity contribution in [1.29, 1.82) is 0 Å². The molecule has 1 aromatic heterocycles. The van der Waals surface area contributed by atoms with Gasteiger partial charge in [-0.05, 0) is 61.7 Å². The summed E-state index contributed by atoms with van der Waals surface area (Å²) in [6, 6.07) is 8.78. The first-order chi connectivity index (χ1) is 18.7. The summed E-state index contributed by atoms with van der Waals surface area (Å²) in [5.41, 5.74) is 0.355. The van der Waals surface area contributed by atoms with Gasteiger partial charge in [0.15, 0.2) is 0 Å². The molecule has 1 aliphatic carbocycles. The second kappa shape index (κ2) is 11.6. The Labute approximate surface area is 232 Å². The van der Waals surface area contributed by atoms with Crippen molar-refractivity contribution in [3.63, 3.8) is 0 Å². The van der Waals surface area contributed by atoms with E-state index in [-0.39, 0.29) is 36.2 Å². The Balaban J connectivity index is 1.61. The summed E-state index contributed by atoms with van der Waals surface area (Å²) < 4.78 is 67.7. The minimum Gasteiger partial charge on any atom is -0.395 e. The molecule has 220 valence electrons. The first-order valence-corrected chi connectivity index (χ1v) is 18.4. The molecule has 0 bridgehead atoms. The van der Waals surface area contributed by atoms with Crippen LogP contribution in [0.15, 0.2) is 41.3 Å². The van der Waals surface area contributed by atoms with Gasteiger partial charge in [-0.15, -0.1) is 0 Å². The van der Waals surface area contributed by atoms with Crippen LogP contribution in [0.2, 0.25) is 25.2 Å². The van der Waals surface area contributed by atoms with E-state index >= 15 is 0 Å². The van der Waals surface area contributed by atoms with E-state index in [1.165, 1.54) is 35.0 Å². The van der Waals surface area contributed by atoms with Gasteiger partial charge < -0.3 is 19.9 Å². The standard InChI is InChI=1S/C26H35F3N4O5SSi/c1-40(2)14-10-32(11-15-40)23-17-19(31-39(37,38)13-12-34)6-8-21(23)24(35)30-22-4-3-9-33(25(22)36)20-7-5-18(16-20)26(27,28)29/h3-4,6,8-9,17-18,20,31,34H,5,7,10-16H2,1-2H3,(H,30,35)/t18-,20-/m1/s1. The normalized spacial score (nSPS) is 21.3. The second-order valence-corrected chi connectivity index (χ2v) is 18.5. The Morgan fingerprint density at radius 2 is 1.85 bits per heavy atom. The summed E-state index contributed by atoms with van der Waals surface area (Å²) in [5.74, 6) is -2.52. The smallest absolute Gasteiger partial charge is 0.391 e. The van der Waals surface area contributed by atoms with Crippen LogP contribution in [0.25, 0.3) is 0 Å². The van der Waals surface area contributed by atoms with Gasteiger partial charge in [0.1, 0.15) is 5.69 Å². The number of halogens is 3. The van der Waals surface area contributed by atoms with E-state index in [1.807, 2.05) is 4.90 Å². The number of pyridine rings is 1. The highest BCUT2D eigenvalue weighted by molar-refractivity contribution is 7.92. The van der Waals surface area contributed by atoms with Crippen molar-refractivity contribution in [3.05, 3.63) is 52.4 Å². The molecule has 1 aromatic carbocycles. The lowest BCUT2D eigenvalue weighted by Crippen LogP contribution is -2.43. The molecule has 1 amide bonds. The Kier molecular flexibility index (Phi) is 8.71. The van der Waals surface area contributed by atoms with Crippen LogP contribution in [-0.2, 0) is 10.0 Å². The van der Waals surface area contributed by atoms with Gasteiger partial charge in [0, 0.05) is 25.3 Å². The van der Waals surface area contributed by atoms with Gasteiger partial charge in [-0.25, -0.2) is 8.42 Å². The van der Waals surface area contributed by atoms with Crippen LogP contribution >= 0.6 is 0 Å². The summed E-state index contributed by atoms with van der Waals surface area (Å²) >= 11 is 0. The Morgan fingerprint density at radius 3 is 2.48 bits per heavy atom. The Bertz CT molecular complexity index is 1400. The maximum Gasteiger partial charge on any atom is 0.391 e. The fourth-order valence-electron chi connectivity index (χ4n) is 5.34. The molecule has 0 unspecified atom stereocenters. The fourth-order valence-corrected chi connectivity index (χ4v) is 8.17. The molecular weight excluding hydrogens is 565 g/mol. The number of amides is 1. The average Bonchev–Trinajstić information content (AvgIpc) is 3.36. The molecule has 2 aromatic rings. The number of hydrogen-bond acceptors (Lipinski definition) is 6. The van der Waals surface area contributed by atoms with E-state index in [0.717, 1.165) is 12.1 Å². The zero-order valence-electron chi connectivity index (χ0n) is 22.5. The number of rotatable bonds is 8. The van der Waals surface area contributed by atoms with E-state index in [2.05, 4.69) is 23.1 Å². The van der Waals surface area contributed by atoms with Crippen molar-refractivity contribution in [2.75, 3.05) is 40.4 Å². The molecule has 3 N–H and O–H groups in total. The number of hydrogen-bond donors (Lipinski definition) is 3. The van der Waals surface area contributed by atoms with E-state index < -0.39 is 60.1 Å². The third-order valence-electron chi connectivity index (χ3n) is 7.82. The number of aliphatic hydroxyl groups excluding tert-OH is 1. The number of nitrogens with zero attached hydrogens (tertiary/aromatic N) is 2. The van der Waals surface area contributed by atoms with E-state index in [9.17, 15) is 31.2 Å². The highest BCUT2D eigenvalue weighted by atomic mass is 32.2. The van der Waals surface area contributed by atoms with Crippen LogP contribution in [0.5, 0.6) is 0 Å². The van der Waals surface area contributed by atoms with E-state index in [0.29, 0.717) is 18.8 Å². The summed E-state index contributed by atoms with van der Waals surface area (Å²) in [7, 11) is -5.16. The molecule has 1 saturated carbocycles. The van der Waals surface area contributed by atoms with Crippen LogP contribution in [0.1, 0.15) is 35.7 Å². The van der Waals surface area contributed by atoms with Gasteiger partial charge in [0.2, 0.25) is 10.0 Å². The largest absolute Gasteiger partial charge is 0.395 e. The highest BCUT2D eigenvalue weighted by Gasteiger charge is 2.44. The van der Waals surface area contributed by atoms with Crippen LogP contribution < -0.4 is 20.5 Å². The summed E-state index contributed by atoms with van der Waals surface area (Å²) in [6.07, 6.45) is -2.89. The molecule has 1 saturated heterocycles. The molecule has 4 rings (SSSR count). The Hall–Kier alpha value is -2.84. The number of anilines is 3. The molecule has 0 radical (unpaired) electrons. The number of aromatic nitrogens is 1. The predicted octanol–water partition coefficient (Wildman–Crippen LogP) is 4.27. The van der Waals surface area contributed by atoms with Crippen molar-refractivity contribution >= 4 is 41.1 Å². The van der Waals surface area contributed by atoms with Gasteiger partial charge >= 0.3 is 6.18 Å². The van der Waals surface area contributed by atoms with Gasteiger partial charge in [-0.1, -0.05) is 13.1 Å². The topological polar surface area (TPSA) is 121 Å². The van der Waals surface area contributed by atoms with Crippen LogP contribution in [0.3, 0.4) is 0 Å². The van der Waals surface area contributed by atoms with Gasteiger partial charge in [0.25, 0.3) is 11.5 Å². The SMILES string of the molecule is C[Si]1(C)CCN(c2cc(NS(=O)(=O)CCO)ccc2C(=O)Nc2cccn([C@@H]3CC[C@@H](C(F)(F)F)C3)c2=O)CC1. The maximum absolute atomic E-state index is 13.5. The number of alkyl halides is 3. The third kappa shape index (κ3) is 7.07. The molecule has 2 heterocycles. The van der Waals surface area contributed by atoms with Crippen molar-refractivity contribution in [3.8, 4) is 0 Å². The van der Waals surface area contributed by atoms with Gasteiger partial charge in [-0.3, -0.25) is 14.3 Å². The van der Waals surface area contributed by atoms with Crippen molar-refractivity contribution in [2.24, 2.45) is 5.92 Å². The number of sulfonamides is 1. The van der Waals surface area contributed by atoms with Gasteiger partial charge in [-0.2, -0.15) is 13.2 Å². The predicted molar refractivity (Wildman–Crippen MR) is 151 cm³/mol. The zero-order valence-corrected chi connectivity index (χ0v) is 24.3. The molecule has 2 atom stereocenters. The molecule has 9 nitrogen and oxygen atoms in total. The monoisotopic (exact) mass is 600 g/mol. The molecule has 0 spiro atoms. The molecule has 2 aliphatic rings. The lowest BCUT2D eigenvalue weighted by atomic mass is 10.1. The summed E-state index contributed by atoms with van der Waals surface area (Å²) in [6.45, 7) is 5.41. The first-order valence-electron chi connectivity index (χ1n) is 13.3. The summed E-state index contributed by atoms with van der Waals surface area (Å²) in [5, 5.41) is 11.7. The van der Waals surface area contributed by atoms with Crippen LogP contribution in [-0.4, -0.2) is 63.7 Å². The quantitative estimate of drug-likeness (QED) is 0.390. The maximum atomic E-state index is 13.5. The summed E-state index contributed by atoms with van der Waals surface area (Å²) in [4.78, 5) is 28.7. The fraction of sp³-hybridized carbons (Fsp3) is 0.538. The second-order valence-electron chi connectivity index (χ2n) is 11.3. The van der Waals surface area contributed by atoms with Crippen molar-refractivity contribution < 1.29 is 31.5 Å². The number of benzene rings is 1. The highest BCUT2D eigenvalue weighted by Crippen LogP contribution is 2.43. The lowest BCUT2D eigenvalue weighted by Gasteiger charge is -2.38. The van der Waals surface area contributed by atoms with Crippen LogP contribution in [0, 0.1) is 5.92 Å². The van der Waals surface area contributed by atoms with Crippen LogP contribution in [0.4, 0.5) is 30.2 Å². The zero-order chi connectivity index (χ0) is 29.3. The molecule has 1 aliphatic heterocycles. The lowest BCUT2D eigenvalue weighted by molar-refractivity contribution is -0.173. The minimum absolute atomic E-state index is 0.0474. The molecule has 40 heavy (non-hydrogen) atoms. The van der Waals surface area contributed by atoms with E-state index in [1.54, 1.807) is 6.07 Å². The molecular formula is C26H35F3N4O5SSi. The number of nitrogens with one attached hydrogen (secondary N) is 2. The van der Waals surface area contributed by atoms with Crippen molar-refractivity contribution in [2.45, 2.75) is 56.7 Å². The number of carbonyl (C=O) groups excluding carboxylic acids is 1. The Morgan fingerprint density at radius 1 is 1.15 bits per heavy atom. The van der Waals surface area contributed by atoms with Gasteiger partial charge in [0.05, 0.1) is 43.3 Å². The number of aliphatic hydroxyl groups is 1. The van der Waals surface area contributed by atoms with E-state index in [4.69, 9.17) is 5.11 Å². The minimum atomic E-state index is -4.31.